The maximum Gasteiger partial charge on any atom is 0.338 e. The van der Waals surface area contributed by atoms with Crippen molar-refractivity contribution in [1.29, 1.82) is 0 Å². The number of carbonyl (C=O) groups is 2. The minimum absolute atomic E-state index is 0.0117. The number of thioether (sulfide) groups is 2. The van der Waals surface area contributed by atoms with Crippen LogP contribution >= 0.6 is 23.5 Å². The van der Waals surface area contributed by atoms with E-state index < -0.39 is 22.6 Å². The van der Waals surface area contributed by atoms with Crippen LogP contribution in [0.2, 0.25) is 0 Å². The molecule has 2 aliphatic heterocycles. The summed E-state index contributed by atoms with van der Waals surface area (Å²) < 4.78 is 28.8. The standard InChI is InChI=1S/C22H24N2O5S3/c1-14-11-17-12-18(32(23,27)28)7-8-19(17)24(14)20(25)13-29-21(26)15-3-5-16(6-4-15)22-30-9-2-10-31-22/h3-8,12,14,22H,2,9-11,13H2,1H3,(H2,23,27,28)/t14-/m1/s1. The Bertz CT molecular complexity index is 1130. The fourth-order valence-corrected chi connectivity index (χ4v) is 7.36. The van der Waals surface area contributed by atoms with E-state index >= 15 is 0 Å². The molecule has 2 aliphatic rings. The van der Waals surface area contributed by atoms with Crippen molar-refractivity contribution in [2.24, 2.45) is 5.14 Å². The predicted molar refractivity (Wildman–Crippen MR) is 127 cm³/mol. The average molecular weight is 493 g/mol. The number of fused-ring (bicyclic) bond motifs is 1. The molecule has 0 unspecified atom stereocenters. The Kier molecular flexibility index (Phi) is 6.85. The summed E-state index contributed by atoms with van der Waals surface area (Å²) in [6.45, 7) is 1.46. The van der Waals surface area contributed by atoms with E-state index in [1.807, 2.05) is 42.6 Å². The van der Waals surface area contributed by atoms with Crippen molar-refractivity contribution in [2.45, 2.75) is 35.3 Å². The van der Waals surface area contributed by atoms with E-state index in [0.29, 0.717) is 22.3 Å². The number of nitrogens with two attached hydrogens (primary N) is 1. The lowest BCUT2D eigenvalue weighted by molar-refractivity contribution is -0.122. The van der Waals surface area contributed by atoms with Crippen LogP contribution in [0.5, 0.6) is 0 Å². The monoisotopic (exact) mass is 492 g/mol. The molecule has 0 aromatic heterocycles. The zero-order valence-electron chi connectivity index (χ0n) is 17.5. The van der Waals surface area contributed by atoms with E-state index in [-0.39, 0.29) is 16.8 Å². The van der Waals surface area contributed by atoms with Crippen molar-refractivity contribution in [2.75, 3.05) is 23.0 Å². The smallest absolute Gasteiger partial charge is 0.338 e. The molecule has 170 valence electrons. The number of hydrogen-bond donors (Lipinski definition) is 1. The number of hydrogen-bond acceptors (Lipinski definition) is 7. The van der Waals surface area contributed by atoms with Crippen LogP contribution in [0.3, 0.4) is 0 Å². The van der Waals surface area contributed by atoms with E-state index in [1.54, 1.807) is 18.2 Å². The molecule has 1 saturated heterocycles. The summed E-state index contributed by atoms with van der Waals surface area (Å²) in [5.41, 5.74) is 2.91. The Balaban J connectivity index is 1.39. The number of ether oxygens (including phenoxy) is 1. The fraction of sp³-hybridized carbons (Fsp3) is 0.364. The zero-order chi connectivity index (χ0) is 22.9. The van der Waals surface area contributed by atoms with Crippen LogP contribution in [0.1, 0.15) is 39.4 Å². The SMILES string of the molecule is C[C@@H]1Cc2cc(S(N)(=O)=O)ccc2N1C(=O)COC(=O)c1ccc(C2SCCCS2)cc1. The molecule has 1 amide bonds. The highest BCUT2D eigenvalue weighted by Gasteiger charge is 2.32. The van der Waals surface area contributed by atoms with Crippen molar-refractivity contribution in [3.63, 3.8) is 0 Å². The van der Waals surface area contributed by atoms with Gasteiger partial charge in [-0.15, -0.1) is 23.5 Å². The van der Waals surface area contributed by atoms with Gasteiger partial charge in [-0.2, -0.15) is 0 Å². The van der Waals surface area contributed by atoms with Crippen LogP contribution in [0, 0.1) is 0 Å². The highest BCUT2D eigenvalue weighted by atomic mass is 32.2. The topological polar surface area (TPSA) is 107 Å². The van der Waals surface area contributed by atoms with Gasteiger partial charge in [0.1, 0.15) is 0 Å². The number of rotatable bonds is 5. The van der Waals surface area contributed by atoms with Crippen molar-refractivity contribution in [3.05, 3.63) is 59.2 Å². The third-order valence-electron chi connectivity index (χ3n) is 5.44. The number of amides is 1. The lowest BCUT2D eigenvalue weighted by atomic mass is 10.1. The summed E-state index contributed by atoms with van der Waals surface area (Å²) in [7, 11) is -3.82. The minimum Gasteiger partial charge on any atom is -0.452 e. The molecule has 0 saturated carbocycles. The first-order chi connectivity index (χ1) is 15.2. The number of benzene rings is 2. The number of sulfonamides is 1. The molecule has 4 rings (SSSR count). The number of anilines is 1. The van der Waals surface area contributed by atoms with E-state index in [0.717, 1.165) is 17.1 Å². The van der Waals surface area contributed by atoms with Crippen LogP contribution in [0.25, 0.3) is 0 Å². The molecule has 2 aromatic carbocycles. The van der Waals surface area contributed by atoms with E-state index in [2.05, 4.69) is 0 Å². The summed E-state index contributed by atoms with van der Waals surface area (Å²) in [5, 5.41) is 5.20. The second kappa shape index (κ2) is 9.46. The quantitative estimate of drug-likeness (QED) is 0.638. The maximum atomic E-state index is 12.8. The zero-order valence-corrected chi connectivity index (χ0v) is 20.0. The Morgan fingerprint density at radius 3 is 2.47 bits per heavy atom. The van der Waals surface area contributed by atoms with Crippen LogP contribution in [-0.2, 0) is 26.0 Å². The molecule has 7 nitrogen and oxygen atoms in total. The first-order valence-electron chi connectivity index (χ1n) is 10.2. The molecule has 10 heteroatoms. The molecule has 2 N–H and O–H groups in total. The predicted octanol–water partition coefficient (Wildman–Crippen LogP) is 3.34. The van der Waals surface area contributed by atoms with Crippen LogP contribution in [-0.4, -0.2) is 44.4 Å². The fourth-order valence-electron chi connectivity index (χ4n) is 3.90. The van der Waals surface area contributed by atoms with Gasteiger partial charge in [0.15, 0.2) is 6.61 Å². The Morgan fingerprint density at radius 1 is 1.12 bits per heavy atom. The summed E-state index contributed by atoms with van der Waals surface area (Å²) in [6, 6.07) is 11.6. The van der Waals surface area contributed by atoms with Gasteiger partial charge in [0.2, 0.25) is 10.0 Å². The molecular weight excluding hydrogens is 468 g/mol. The normalized spacial score (nSPS) is 18.9. The molecule has 32 heavy (non-hydrogen) atoms. The molecule has 0 radical (unpaired) electrons. The summed E-state index contributed by atoms with van der Waals surface area (Å²) in [6.07, 6.45) is 1.72. The van der Waals surface area contributed by atoms with Gasteiger partial charge in [-0.3, -0.25) is 4.79 Å². The number of esters is 1. The molecule has 2 heterocycles. The molecular formula is C22H24N2O5S3. The minimum atomic E-state index is -3.82. The second-order valence-electron chi connectivity index (χ2n) is 7.78. The average Bonchev–Trinajstić information content (AvgIpc) is 3.12. The van der Waals surface area contributed by atoms with Crippen molar-refractivity contribution >= 4 is 51.1 Å². The molecule has 0 bridgehead atoms. The summed E-state index contributed by atoms with van der Waals surface area (Å²) >= 11 is 3.82. The third kappa shape index (κ3) is 4.98. The van der Waals surface area contributed by atoms with Crippen LogP contribution < -0.4 is 10.0 Å². The summed E-state index contributed by atoms with van der Waals surface area (Å²) in [4.78, 5) is 26.8. The molecule has 0 aliphatic carbocycles. The molecule has 0 spiro atoms. The van der Waals surface area contributed by atoms with Crippen molar-refractivity contribution in [3.8, 4) is 0 Å². The highest BCUT2D eigenvalue weighted by Crippen LogP contribution is 2.43. The van der Waals surface area contributed by atoms with Gasteiger partial charge in [0.05, 0.1) is 15.0 Å². The largest absolute Gasteiger partial charge is 0.452 e. The van der Waals surface area contributed by atoms with Gasteiger partial charge in [-0.1, -0.05) is 12.1 Å². The lowest BCUT2D eigenvalue weighted by Gasteiger charge is -2.22. The number of carbonyl (C=O) groups excluding carboxylic acids is 2. The van der Waals surface area contributed by atoms with Gasteiger partial charge in [0.25, 0.3) is 5.91 Å². The molecule has 2 aromatic rings. The van der Waals surface area contributed by atoms with E-state index in [1.165, 1.54) is 29.0 Å². The third-order valence-corrected chi connectivity index (χ3v) is 9.36. The Morgan fingerprint density at radius 2 is 1.81 bits per heavy atom. The molecule has 1 fully saturated rings. The van der Waals surface area contributed by atoms with E-state index in [4.69, 9.17) is 9.88 Å². The maximum absolute atomic E-state index is 12.8. The van der Waals surface area contributed by atoms with Crippen LogP contribution in [0.4, 0.5) is 5.69 Å². The summed E-state index contributed by atoms with van der Waals surface area (Å²) in [5.74, 6) is 1.38. The Hall–Kier alpha value is -2.01. The van der Waals surface area contributed by atoms with Gasteiger partial charge in [-0.25, -0.2) is 18.4 Å². The first-order valence-corrected chi connectivity index (χ1v) is 13.9. The first kappa shape index (κ1) is 23.2. The Labute approximate surface area is 196 Å². The van der Waals surface area contributed by atoms with Gasteiger partial charge < -0.3 is 9.64 Å². The molecule has 1 atom stereocenters. The second-order valence-corrected chi connectivity index (χ2v) is 12.1. The van der Waals surface area contributed by atoms with Gasteiger partial charge in [-0.05, 0) is 72.7 Å². The van der Waals surface area contributed by atoms with Gasteiger partial charge in [0, 0.05) is 11.7 Å². The van der Waals surface area contributed by atoms with E-state index in [9.17, 15) is 18.0 Å². The van der Waals surface area contributed by atoms with Crippen molar-refractivity contribution in [1.82, 2.24) is 0 Å². The van der Waals surface area contributed by atoms with Crippen LogP contribution in [0.15, 0.2) is 47.4 Å². The number of primary sulfonamides is 1. The number of nitrogens with zero attached hydrogens (tertiary/aromatic N) is 1. The van der Waals surface area contributed by atoms with Gasteiger partial charge >= 0.3 is 5.97 Å². The van der Waals surface area contributed by atoms with Crippen molar-refractivity contribution < 1.29 is 22.7 Å². The highest BCUT2D eigenvalue weighted by molar-refractivity contribution is 8.16. The lowest BCUT2D eigenvalue weighted by Crippen LogP contribution is -2.38.